The maximum Gasteiger partial charge on any atom is 0.239 e. The van der Waals surface area contributed by atoms with Gasteiger partial charge < -0.3 is 10.1 Å². The first-order valence-electron chi connectivity index (χ1n) is 9.11. The van der Waals surface area contributed by atoms with E-state index in [0.717, 1.165) is 32.5 Å². The van der Waals surface area contributed by atoms with E-state index in [1.54, 1.807) is 0 Å². The highest BCUT2D eigenvalue weighted by Gasteiger charge is 2.46. The van der Waals surface area contributed by atoms with Gasteiger partial charge >= 0.3 is 0 Å². The van der Waals surface area contributed by atoms with Crippen LogP contribution in [0.3, 0.4) is 0 Å². The number of fused-ring (bicyclic) bond motifs is 2. The monoisotopic (exact) mass is 330 g/mol. The van der Waals surface area contributed by atoms with Crippen LogP contribution >= 0.6 is 0 Å². The van der Waals surface area contributed by atoms with Gasteiger partial charge in [0.05, 0.1) is 17.7 Å². The van der Waals surface area contributed by atoms with E-state index in [0.29, 0.717) is 12.5 Å². The fraction of sp³-hybridized carbons (Fsp3) is 0.650. The Morgan fingerprint density at radius 1 is 1.29 bits per heavy atom. The molecule has 2 aliphatic heterocycles. The number of ether oxygens (including phenoxy) is 1. The number of piperidine rings is 1. The molecule has 132 valence electrons. The Labute approximate surface area is 145 Å². The summed E-state index contributed by atoms with van der Waals surface area (Å²) in [5.41, 5.74) is 2.05. The minimum absolute atomic E-state index is 0.125. The molecule has 3 rings (SSSR count). The van der Waals surface area contributed by atoms with Crippen LogP contribution in [-0.2, 0) is 21.7 Å². The van der Waals surface area contributed by atoms with Crippen molar-refractivity contribution in [2.45, 2.75) is 58.3 Å². The molecular weight excluding hydrogens is 300 g/mol. The third kappa shape index (κ3) is 3.09. The molecule has 1 aromatic rings. The number of carbonyl (C=O) groups is 1. The first kappa shape index (κ1) is 17.4. The van der Waals surface area contributed by atoms with E-state index in [2.05, 4.69) is 48.3 Å². The summed E-state index contributed by atoms with van der Waals surface area (Å²) in [6.45, 7) is 11.5. The first-order chi connectivity index (χ1) is 11.3. The van der Waals surface area contributed by atoms with Crippen LogP contribution in [0.15, 0.2) is 24.3 Å². The fourth-order valence-corrected chi connectivity index (χ4v) is 3.88. The van der Waals surface area contributed by atoms with Crippen molar-refractivity contribution < 1.29 is 9.53 Å². The summed E-state index contributed by atoms with van der Waals surface area (Å²) in [7, 11) is 0. The highest BCUT2D eigenvalue weighted by Crippen LogP contribution is 2.44. The van der Waals surface area contributed by atoms with Crippen LogP contribution in [-0.4, -0.2) is 36.0 Å². The van der Waals surface area contributed by atoms with Crippen molar-refractivity contribution >= 4 is 5.91 Å². The van der Waals surface area contributed by atoms with Gasteiger partial charge in [-0.1, -0.05) is 38.1 Å². The molecule has 0 atom stereocenters. The van der Waals surface area contributed by atoms with Gasteiger partial charge in [-0.2, -0.15) is 0 Å². The fourth-order valence-electron chi connectivity index (χ4n) is 3.88. The Bertz CT molecular complexity index is 601. The van der Waals surface area contributed by atoms with Gasteiger partial charge in [-0.25, -0.2) is 0 Å². The van der Waals surface area contributed by atoms with E-state index in [9.17, 15) is 4.79 Å². The second-order valence-electron chi connectivity index (χ2n) is 8.09. The molecular formula is C20H30N2O2. The lowest BCUT2D eigenvalue weighted by Gasteiger charge is -2.45. The molecule has 4 nitrogen and oxygen atoms in total. The average molecular weight is 330 g/mol. The maximum atomic E-state index is 12.6. The summed E-state index contributed by atoms with van der Waals surface area (Å²) in [5, 5.41) is 3.08. The summed E-state index contributed by atoms with van der Waals surface area (Å²) < 4.78 is 6.23. The van der Waals surface area contributed by atoms with Gasteiger partial charge in [0.15, 0.2) is 0 Å². The molecule has 24 heavy (non-hydrogen) atoms. The normalized spacial score (nSPS) is 20.4. The van der Waals surface area contributed by atoms with E-state index >= 15 is 0 Å². The van der Waals surface area contributed by atoms with E-state index in [1.165, 1.54) is 11.1 Å². The largest absolute Gasteiger partial charge is 0.365 e. The van der Waals surface area contributed by atoms with Crippen molar-refractivity contribution in [1.82, 2.24) is 10.2 Å². The minimum atomic E-state index is -0.478. The second kappa shape index (κ2) is 6.49. The molecule has 0 bridgehead atoms. The summed E-state index contributed by atoms with van der Waals surface area (Å²) in [6, 6.07) is 8.56. The molecule has 1 N–H and O–H groups in total. The number of nitrogens with one attached hydrogen (secondary N) is 1. The Hall–Kier alpha value is -1.39. The Morgan fingerprint density at radius 3 is 2.62 bits per heavy atom. The van der Waals surface area contributed by atoms with Gasteiger partial charge in [-0.05, 0) is 43.7 Å². The van der Waals surface area contributed by atoms with E-state index < -0.39 is 5.54 Å². The topological polar surface area (TPSA) is 41.6 Å². The summed E-state index contributed by atoms with van der Waals surface area (Å²) >= 11 is 0. The third-order valence-corrected chi connectivity index (χ3v) is 5.60. The predicted molar refractivity (Wildman–Crippen MR) is 95.6 cm³/mol. The zero-order valence-corrected chi connectivity index (χ0v) is 15.4. The number of rotatable bonds is 4. The molecule has 1 fully saturated rings. The zero-order valence-electron chi connectivity index (χ0n) is 15.4. The summed E-state index contributed by atoms with van der Waals surface area (Å²) in [6.07, 6.45) is 1.90. The van der Waals surface area contributed by atoms with Gasteiger partial charge in [0, 0.05) is 19.6 Å². The summed E-state index contributed by atoms with van der Waals surface area (Å²) in [4.78, 5) is 14.9. The van der Waals surface area contributed by atoms with Gasteiger partial charge in [-0.3, -0.25) is 9.69 Å². The highest BCUT2D eigenvalue weighted by atomic mass is 16.5. The molecule has 1 aromatic carbocycles. The molecule has 1 spiro atoms. The van der Waals surface area contributed by atoms with E-state index in [4.69, 9.17) is 4.74 Å². The lowest BCUT2D eigenvalue weighted by molar-refractivity contribution is -0.137. The van der Waals surface area contributed by atoms with Crippen LogP contribution in [0.2, 0.25) is 0 Å². The molecule has 4 heteroatoms. The number of hydrogen-bond acceptors (Lipinski definition) is 3. The zero-order chi connectivity index (χ0) is 17.4. The number of carbonyl (C=O) groups excluding carboxylic acids is 1. The van der Waals surface area contributed by atoms with E-state index in [1.807, 2.05) is 13.8 Å². The van der Waals surface area contributed by atoms with Crippen LogP contribution in [0.1, 0.15) is 51.7 Å². The number of amides is 1. The lowest BCUT2D eigenvalue weighted by atomic mass is 9.82. The van der Waals surface area contributed by atoms with Crippen molar-refractivity contribution in [2.24, 2.45) is 5.92 Å². The van der Waals surface area contributed by atoms with Crippen LogP contribution in [0.25, 0.3) is 0 Å². The van der Waals surface area contributed by atoms with E-state index in [-0.39, 0.29) is 11.5 Å². The number of nitrogens with zero attached hydrogens (tertiary/aromatic N) is 1. The summed E-state index contributed by atoms with van der Waals surface area (Å²) in [5.74, 6) is 0.595. The Kier molecular flexibility index (Phi) is 4.71. The van der Waals surface area contributed by atoms with Gasteiger partial charge in [0.1, 0.15) is 0 Å². The molecule has 0 saturated carbocycles. The average Bonchev–Trinajstić information content (AvgIpc) is 2.92. The highest BCUT2D eigenvalue weighted by molar-refractivity contribution is 5.85. The van der Waals surface area contributed by atoms with Crippen molar-refractivity contribution in [3.8, 4) is 0 Å². The quantitative estimate of drug-likeness (QED) is 0.922. The van der Waals surface area contributed by atoms with Crippen LogP contribution < -0.4 is 5.32 Å². The molecule has 2 heterocycles. The third-order valence-electron chi connectivity index (χ3n) is 5.60. The van der Waals surface area contributed by atoms with Gasteiger partial charge in [0.2, 0.25) is 5.91 Å². The number of likely N-dealkylation sites (tertiary alicyclic amines) is 1. The lowest BCUT2D eigenvalue weighted by Crippen LogP contribution is -2.59. The smallest absolute Gasteiger partial charge is 0.239 e. The van der Waals surface area contributed by atoms with Crippen LogP contribution in [0.4, 0.5) is 0 Å². The standard InChI is InChI=1S/C20H30N2O2/c1-15(2)13-21-18(23)19(3,4)22-11-9-20(10-12-22)17-8-6-5-7-16(17)14-24-20/h5-8,15H,9-14H2,1-4H3,(H,21,23). The molecule has 0 aromatic heterocycles. The SMILES string of the molecule is CC(C)CNC(=O)C(C)(C)N1CCC2(CC1)OCc1ccccc12. The minimum Gasteiger partial charge on any atom is -0.365 e. The van der Waals surface area contributed by atoms with Crippen molar-refractivity contribution in [3.05, 3.63) is 35.4 Å². The second-order valence-corrected chi connectivity index (χ2v) is 8.09. The molecule has 2 aliphatic rings. The van der Waals surface area contributed by atoms with Crippen molar-refractivity contribution in [1.29, 1.82) is 0 Å². The Morgan fingerprint density at radius 2 is 1.96 bits per heavy atom. The molecule has 0 unspecified atom stereocenters. The molecule has 0 radical (unpaired) electrons. The van der Waals surface area contributed by atoms with Crippen LogP contribution in [0.5, 0.6) is 0 Å². The molecule has 1 saturated heterocycles. The van der Waals surface area contributed by atoms with Gasteiger partial charge in [0.25, 0.3) is 0 Å². The van der Waals surface area contributed by atoms with Gasteiger partial charge in [-0.15, -0.1) is 0 Å². The predicted octanol–water partition coefficient (Wildman–Crippen LogP) is 3.06. The molecule has 0 aliphatic carbocycles. The Balaban J connectivity index is 1.66. The maximum absolute atomic E-state index is 12.6. The number of benzene rings is 1. The van der Waals surface area contributed by atoms with Crippen molar-refractivity contribution in [3.63, 3.8) is 0 Å². The van der Waals surface area contributed by atoms with Crippen LogP contribution in [0, 0.1) is 5.92 Å². The first-order valence-corrected chi connectivity index (χ1v) is 9.11. The molecule has 1 amide bonds. The van der Waals surface area contributed by atoms with Crippen molar-refractivity contribution in [2.75, 3.05) is 19.6 Å². The number of hydrogen-bond donors (Lipinski definition) is 1.